The maximum atomic E-state index is 11.9. The molecule has 8 heteroatoms. The SMILES string of the molecule is CCNC(=NCCCOCc1ccco1)NCCC(=O)NCc1ccccc1.I. The van der Waals surface area contributed by atoms with Crippen molar-refractivity contribution >= 4 is 35.8 Å². The minimum absolute atomic E-state index is 0. The second-order valence-corrected chi connectivity index (χ2v) is 6.19. The lowest BCUT2D eigenvalue weighted by atomic mass is 10.2. The molecule has 0 saturated carbocycles. The first kappa shape index (κ1) is 25.0. The van der Waals surface area contributed by atoms with E-state index in [1.807, 2.05) is 49.4 Å². The number of nitrogens with zero attached hydrogens (tertiary/aromatic N) is 1. The summed E-state index contributed by atoms with van der Waals surface area (Å²) in [5, 5.41) is 9.28. The van der Waals surface area contributed by atoms with Gasteiger partial charge in [0.25, 0.3) is 0 Å². The first-order valence-electron chi connectivity index (χ1n) is 9.71. The van der Waals surface area contributed by atoms with Crippen molar-refractivity contribution in [2.75, 3.05) is 26.2 Å². The summed E-state index contributed by atoms with van der Waals surface area (Å²) in [6, 6.07) is 13.6. The molecule has 0 aliphatic heterocycles. The molecule has 0 unspecified atom stereocenters. The highest BCUT2D eigenvalue weighted by molar-refractivity contribution is 14.0. The normalized spacial score (nSPS) is 10.9. The maximum absolute atomic E-state index is 11.9. The molecule has 2 rings (SSSR count). The number of amides is 1. The minimum atomic E-state index is 0. The number of hydrogen-bond acceptors (Lipinski definition) is 4. The molecule has 3 N–H and O–H groups in total. The van der Waals surface area contributed by atoms with Gasteiger partial charge in [-0.2, -0.15) is 0 Å². The van der Waals surface area contributed by atoms with Crippen LogP contribution >= 0.6 is 24.0 Å². The van der Waals surface area contributed by atoms with Gasteiger partial charge in [0.15, 0.2) is 5.96 Å². The molecule has 2 aromatic rings. The molecule has 0 radical (unpaired) electrons. The number of aliphatic imine (C=N–C) groups is 1. The molecule has 29 heavy (non-hydrogen) atoms. The zero-order valence-electron chi connectivity index (χ0n) is 16.9. The van der Waals surface area contributed by atoms with E-state index in [0.29, 0.717) is 45.2 Å². The molecule has 0 aliphatic carbocycles. The highest BCUT2D eigenvalue weighted by Gasteiger charge is 2.03. The fourth-order valence-corrected chi connectivity index (χ4v) is 2.45. The van der Waals surface area contributed by atoms with E-state index in [4.69, 9.17) is 9.15 Å². The van der Waals surface area contributed by atoms with Crippen molar-refractivity contribution in [3.05, 3.63) is 60.1 Å². The zero-order valence-corrected chi connectivity index (χ0v) is 19.2. The predicted molar refractivity (Wildman–Crippen MR) is 125 cm³/mol. The van der Waals surface area contributed by atoms with Crippen LogP contribution in [0.15, 0.2) is 58.1 Å². The molecular weight excluding hydrogens is 483 g/mol. The number of guanidine groups is 1. The number of nitrogens with one attached hydrogen (secondary N) is 3. The monoisotopic (exact) mass is 514 g/mol. The number of halogens is 1. The molecule has 1 aromatic heterocycles. The summed E-state index contributed by atoms with van der Waals surface area (Å²) < 4.78 is 10.8. The zero-order chi connectivity index (χ0) is 19.9. The third kappa shape index (κ3) is 11.5. The Bertz CT molecular complexity index is 693. The van der Waals surface area contributed by atoms with Crippen LogP contribution in [0.5, 0.6) is 0 Å². The van der Waals surface area contributed by atoms with Crippen LogP contribution in [0, 0.1) is 0 Å². The number of carbonyl (C=O) groups is 1. The van der Waals surface area contributed by atoms with Gasteiger partial charge in [-0.15, -0.1) is 24.0 Å². The van der Waals surface area contributed by atoms with Gasteiger partial charge in [0.2, 0.25) is 5.91 Å². The molecule has 0 aliphatic rings. The Morgan fingerprint density at radius 1 is 1.10 bits per heavy atom. The summed E-state index contributed by atoms with van der Waals surface area (Å²) in [7, 11) is 0. The average molecular weight is 514 g/mol. The Balaban J connectivity index is 0.00000420. The first-order chi connectivity index (χ1) is 13.8. The first-order valence-corrected chi connectivity index (χ1v) is 9.71. The van der Waals surface area contributed by atoms with Crippen LogP contribution in [0.1, 0.15) is 31.1 Å². The number of furan rings is 1. The van der Waals surface area contributed by atoms with Crippen molar-refractivity contribution in [3.63, 3.8) is 0 Å². The summed E-state index contributed by atoms with van der Waals surface area (Å²) >= 11 is 0. The number of hydrogen-bond donors (Lipinski definition) is 3. The third-order valence-corrected chi connectivity index (χ3v) is 3.86. The third-order valence-electron chi connectivity index (χ3n) is 3.86. The summed E-state index contributed by atoms with van der Waals surface area (Å²) in [5.41, 5.74) is 1.09. The predicted octanol–water partition coefficient (Wildman–Crippen LogP) is 3.07. The van der Waals surface area contributed by atoms with E-state index in [1.165, 1.54) is 0 Å². The van der Waals surface area contributed by atoms with Crippen molar-refractivity contribution < 1.29 is 13.9 Å². The second-order valence-electron chi connectivity index (χ2n) is 6.19. The van der Waals surface area contributed by atoms with Gasteiger partial charge in [-0.05, 0) is 31.0 Å². The van der Waals surface area contributed by atoms with Crippen molar-refractivity contribution in [2.45, 2.75) is 32.9 Å². The van der Waals surface area contributed by atoms with Crippen molar-refractivity contribution in [1.29, 1.82) is 0 Å². The summed E-state index contributed by atoms with van der Waals surface area (Å²) in [4.78, 5) is 16.4. The fourth-order valence-electron chi connectivity index (χ4n) is 2.45. The fraction of sp³-hybridized carbons (Fsp3) is 0.429. The van der Waals surface area contributed by atoms with Gasteiger partial charge < -0.3 is 25.1 Å². The van der Waals surface area contributed by atoms with E-state index in [1.54, 1.807) is 6.26 Å². The topological polar surface area (TPSA) is 87.9 Å². The second kappa shape index (κ2) is 15.8. The molecule has 1 aromatic carbocycles. The Morgan fingerprint density at radius 2 is 1.93 bits per heavy atom. The van der Waals surface area contributed by atoms with E-state index in [0.717, 1.165) is 24.3 Å². The molecule has 1 amide bonds. The van der Waals surface area contributed by atoms with Gasteiger partial charge in [0, 0.05) is 39.2 Å². The van der Waals surface area contributed by atoms with Crippen LogP contribution in [0.3, 0.4) is 0 Å². The standard InChI is InChI=1S/C21H30N4O3.HI/c1-2-22-21(23-12-7-14-27-17-19-10-6-15-28-19)24-13-11-20(26)25-16-18-8-4-3-5-9-18;/h3-6,8-10,15H,2,7,11-14,16-17H2,1H3,(H,25,26)(H2,22,23,24);1H. The van der Waals surface area contributed by atoms with Crippen molar-refractivity contribution in [3.8, 4) is 0 Å². The number of ether oxygens (including phenoxy) is 1. The van der Waals surface area contributed by atoms with E-state index in [2.05, 4.69) is 20.9 Å². The molecule has 0 spiro atoms. The summed E-state index contributed by atoms with van der Waals surface area (Å²) in [5.74, 6) is 1.55. The van der Waals surface area contributed by atoms with Crippen LogP contribution < -0.4 is 16.0 Å². The average Bonchev–Trinajstić information content (AvgIpc) is 3.23. The quantitative estimate of drug-likeness (QED) is 0.176. The van der Waals surface area contributed by atoms with Gasteiger partial charge in [-0.3, -0.25) is 9.79 Å². The Morgan fingerprint density at radius 3 is 2.66 bits per heavy atom. The molecule has 7 nitrogen and oxygen atoms in total. The number of rotatable bonds is 12. The largest absolute Gasteiger partial charge is 0.467 e. The van der Waals surface area contributed by atoms with Gasteiger partial charge in [-0.25, -0.2) is 0 Å². The van der Waals surface area contributed by atoms with Crippen LogP contribution in [0.4, 0.5) is 0 Å². The summed E-state index contributed by atoms with van der Waals surface area (Å²) in [6.07, 6.45) is 2.84. The minimum Gasteiger partial charge on any atom is -0.467 e. The summed E-state index contributed by atoms with van der Waals surface area (Å²) in [6.45, 7) is 5.59. The van der Waals surface area contributed by atoms with Gasteiger partial charge in [-0.1, -0.05) is 30.3 Å². The Kier molecular flexibility index (Phi) is 13.6. The lowest BCUT2D eigenvalue weighted by molar-refractivity contribution is -0.121. The van der Waals surface area contributed by atoms with E-state index >= 15 is 0 Å². The van der Waals surface area contributed by atoms with Crippen LogP contribution in [-0.4, -0.2) is 38.1 Å². The Hall–Kier alpha value is -2.07. The lowest BCUT2D eigenvalue weighted by Gasteiger charge is -2.11. The lowest BCUT2D eigenvalue weighted by Crippen LogP contribution is -2.39. The van der Waals surface area contributed by atoms with Crippen LogP contribution in [0.2, 0.25) is 0 Å². The maximum Gasteiger partial charge on any atom is 0.222 e. The molecule has 160 valence electrons. The van der Waals surface area contributed by atoms with E-state index in [-0.39, 0.29) is 29.9 Å². The molecule has 0 saturated heterocycles. The Labute approximate surface area is 189 Å². The van der Waals surface area contributed by atoms with E-state index < -0.39 is 0 Å². The number of benzene rings is 1. The smallest absolute Gasteiger partial charge is 0.222 e. The van der Waals surface area contributed by atoms with Crippen molar-refractivity contribution in [1.82, 2.24) is 16.0 Å². The number of carbonyl (C=O) groups excluding carboxylic acids is 1. The molecule has 0 bridgehead atoms. The highest BCUT2D eigenvalue weighted by atomic mass is 127. The molecule has 1 heterocycles. The van der Waals surface area contributed by atoms with Crippen molar-refractivity contribution in [2.24, 2.45) is 4.99 Å². The molecule has 0 fully saturated rings. The molecule has 0 atom stereocenters. The van der Waals surface area contributed by atoms with Crippen LogP contribution in [-0.2, 0) is 22.7 Å². The van der Waals surface area contributed by atoms with E-state index in [9.17, 15) is 4.79 Å². The highest BCUT2D eigenvalue weighted by Crippen LogP contribution is 2.02. The molecular formula is C21H31IN4O3. The van der Waals surface area contributed by atoms with Gasteiger partial charge in [0.1, 0.15) is 12.4 Å². The van der Waals surface area contributed by atoms with Crippen LogP contribution in [0.25, 0.3) is 0 Å². The van der Waals surface area contributed by atoms with Gasteiger partial charge in [0.05, 0.1) is 6.26 Å². The van der Waals surface area contributed by atoms with Gasteiger partial charge >= 0.3 is 0 Å².